The van der Waals surface area contributed by atoms with E-state index in [4.69, 9.17) is 9.47 Å². The number of benzene rings is 1. The average Bonchev–Trinajstić information content (AvgIpc) is 2.63. The first-order chi connectivity index (χ1) is 11.3. The van der Waals surface area contributed by atoms with Crippen molar-refractivity contribution >= 4 is 30.7 Å². The van der Waals surface area contributed by atoms with Gasteiger partial charge in [0.2, 0.25) is 5.91 Å². The van der Waals surface area contributed by atoms with E-state index in [9.17, 15) is 4.79 Å². The van der Waals surface area contributed by atoms with E-state index in [1.165, 1.54) is 5.56 Å². The van der Waals surface area contributed by atoms with Crippen LogP contribution >= 0.6 is 24.8 Å². The van der Waals surface area contributed by atoms with Gasteiger partial charge in [0.1, 0.15) is 11.8 Å². The molecule has 6 nitrogen and oxygen atoms in total. The minimum Gasteiger partial charge on any atom is -0.496 e. The predicted molar refractivity (Wildman–Crippen MR) is 102 cm³/mol. The van der Waals surface area contributed by atoms with Crippen LogP contribution in [0.25, 0.3) is 0 Å². The molecular formula is C17H27Cl2N3O3. The quantitative estimate of drug-likeness (QED) is 0.834. The molecule has 0 bridgehead atoms. The van der Waals surface area contributed by atoms with Crippen LogP contribution in [0, 0.1) is 0 Å². The number of morpholine rings is 1. The van der Waals surface area contributed by atoms with Gasteiger partial charge >= 0.3 is 0 Å². The minimum atomic E-state index is -0.176. The van der Waals surface area contributed by atoms with Crippen molar-refractivity contribution in [3.63, 3.8) is 0 Å². The third-order valence-electron chi connectivity index (χ3n) is 4.49. The molecule has 0 saturated carbocycles. The molecule has 142 valence electrons. The van der Waals surface area contributed by atoms with Gasteiger partial charge in [0, 0.05) is 44.8 Å². The van der Waals surface area contributed by atoms with Crippen molar-refractivity contribution in [2.75, 3.05) is 53.0 Å². The molecule has 2 saturated heterocycles. The van der Waals surface area contributed by atoms with E-state index in [1.807, 2.05) is 23.1 Å². The predicted octanol–water partition coefficient (Wildman–Crippen LogP) is 1.17. The lowest BCUT2D eigenvalue weighted by Gasteiger charge is -2.37. The van der Waals surface area contributed by atoms with Gasteiger partial charge in [0.25, 0.3) is 0 Å². The first kappa shape index (κ1) is 22.0. The second-order valence-corrected chi connectivity index (χ2v) is 5.99. The largest absolute Gasteiger partial charge is 0.496 e. The summed E-state index contributed by atoms with van der Waals surface area (Å²) in [5.41, 5.74) is 1.19. The van der Waals surface area contributed by atoms with E-state index in [1.54, 1.807) is 7.11 Å². The standard InChI is InChI=1S/C17H25N3O3.2ClH/c1-22-16-5-3-2-4-14(16)12-19-7-9-20(10-8-19)17(21)15-13-23-11-6-18-15;;/h2-5,15,18H,6-13H2,1H3;2*1H. The number of nitrogens with one attached hydrogen (secondary N) is 1. The molecule has 2 fully saturated rings. The molecule has 1 unspecified atom stereocenters. The van der Waals surface area contributed by atoms with Crippen LogP contribution in [-0.2, 0) is 16.1 Å². The van der Waals surface area contributed by atoms with Gasteiger partial charge < -0.3 is 19.7 Å². The van der Waals surface area contributed by atoms with E-state index >= 15 is 0 Å². The Morgan fingerprint density at radius 2 is 1.96 bits per heavy atom. The first-order valence-electron chi connectivity index (χ1n) is 8.22. The van der Waals surface area contributed by atoms with Crippen molar-refractivity contribution in [3.8, 4) is 5.75 Å². The van der Waals surface area contributed by atoms with Crippen LogP contribution in [0.3, 0.4) is 0 Å². The van der Waals surface area contributed by atoms with Crippen LogP contribution in [-0.4, -0.2) is 74.8 Å². The second kappa shape index (κ2) is 10.8. The monoisotopic (exact) mass is 391 g/mol. The lowest BCUT2D eigenvalue weighted by molar-refractivity contribution is -0.138. The highest BCUT2D eigenvalue weighted by molar-refractivity contribution is 5.85. The third-order valence-corrected chi connectivity index (χ3v) is 4.49. The maximum atomic E-state index is 12.5. The highest BCUT2D eigenvalue weighted by Crippen LogP contribution is 2.20. The molecular weight excluding hydrogens is 365 g/mol. The van der Waals surface area contributed by atoms with Crippen molar-refractivity contribution in [2.45, 2.75) is 12.6 Å². The number of halogens is 2. The maximum absolute atomic E-state index is 12.5. The number of methoxy groups -OCH3 is 1. The maximum Gasteiger partial charge on any atom is 0.242 e. The van der Waals surface area contributed by atoms with Gasteiger partial charge in [-0.05, 0) is 6.07 Å². The van der Waals surface area contributed by atoms with Crippen molar-refractivity contribution in [2.24, 2.45) is 0 Å². The number of piperazine rings is 1. The molecule has 1 amide bonds. The number of nitrogens with zero attached hydrogens (tertiary/aromatic N) is 2. The van der Waals surface area contributed by atoms with Gasteiger partial charge in [-0.25, -0.2) is 0 Å². The number of carbonyl (C=O) groups is 1. The summed E-state index contributed by atoms with van der Waals surface area (Å²) < 4.78 is 10.8. The lowest BCUT2D eigenvalue weighted by atomic mass is 10.1. The van der Waals surface area contributed by atoms with Gasteiger partial charge in [0.15, 0.2) is 0 Å². The van der Waals surface area contributed by atoms with Crippen molar-refractivity contribution in [1.82, 2.24) is 15.1 Å². The van der Waals surface area contributed by atoms with Crippen LogP contribution < -0.4 is 10.1 Å². The number of ether oxygens (including phenoxy) is 2. The van der Waals surface area contributed by atoms with Crippen molar-refractivity contribution in [3.05, 3.63) is 29.8 Å². The number of hydrogen-bond donors (Lipinski definition) is 1. The van der Waals surface area contributed by atoms with E-state index in [-0.39, 0.29) is 36.8 Å². The highest BCUT2D eigenvalue weighted by atomic mass is 35.5. The molecule has 0 aliphatic carbocycles. The van der Waals surface area contributed by atoms with Gasteiger partial charge in [0.05, 0.1) is 20.3 Å². The lowest BCUT2D eigenvalue weighted by Crippen LogP contribution is -2.57. The van der Waals surface area contributed by atoms with Crippen LogP contribution in [0.2, 0.25) is 0 Å². The summed E-state index contributed by atoms with van der Waals surface area (Å²) in [5.74, 6) is 1.09. The van der Waals surface area contributed by atoms with Crippen LogP contribution in [0.15, 0.2) is 24.3 Å². The summed E-state index contributed by atoms with van der Waals surface area (Å²) in [6, 6.07) is 7.93. The number of amides is 1. The summed E-state index contributed by atoms with van der Waals surface area (Å²) in [6.45, 7) is 6.10. The highest BCUT2D eigenvalue weighted by Gasteiger charge is 2.28. The molecule has 0 spiro atoms. The number of rotatable bonds is 4. The van der Waals surface area contributed by atoms with Gasteiger partial charge in [-0.2, -0.15) is 0 Å². The summed E-state index contributed by atoms with van der Waals surface area (Å²) in [6.07, 6.45) is 0. The van der Waals surface area contributed by atoms with Gasteiger partial charge in [-0.3, -0.25) is 9.69 Å². The SMILES string of the molecule is COc1ccccc1CN1CCN(C(=O)C2COCCN2)CC1.Cl.Cl. The summed E-state index contributed by atoms with van der Waals surface area (Å²) in [5, 5.41) is 3.24. The second-order valence-electron chi connectivity index (χ2n) is 5.99. The molecule has 0 aromatic heterocycles. The zero-order chi connectivity index (χ0) is 16.1. The van der Waals surface area contributed by atoms with E-state index in [0.717, 1.165) is 45.0 Å². The average molecular weight is 392 g/mol. The normalized spacial score (nSPS) is 21.0. The zero-order valence-electron chi connectivity index (χ0n) is 14.5. The summed E-state index contributed by atoms with van der Waals surface area (Å²) in [4.78, 5) is 16.8. The minimum absolute atomic E-state index is 0. The number of hydrogen-bond acceptors (Lipinski definition) is 5. The molecule has 8 heteroatoms. The van der Waals surface area contributed by atoms with E-state index in [0.29, 0.717) is 13.2 Å². The zero-order valence-corrected chi connectivity index (χ0v) is 16.1. The Morgan fingerprint density at radius 1 is 1.24 bits per heavy atom. The molecule has 2 aliphatic heterocycles. The smallest absolute Gasteiger partial charge is 0.242 e. The Balaban J connectivity index is 0.00000156. The molecule has 2 aliphatic rings. The molecule has 1 atom stereocenters. The Bertz CT molecular complexity index is 534. The summed E-state index contributed by atoms with van der Waals surface area (Å²) in [7, 11) is 1.70. The van der Waals surface area contributed by atoms with Crippen molar-refractivity contribution in [1.29, 1.82) is 0 Å². The molecule has 1 aromatic rings. The fourth-order valence-electron chi connectivity index (χ4n) is 3.15. The Labute approximate surface area is 161 Å². The Hall–Kier alpha value is -1.05. The van der Waals surface area contributed by atoms with Gasteiger partial charge in [-0.15, -0.1) is 24.8 Å². The molecule has 3 rings (SSSR count). The fourth-order valence-corrected chi connectivity index (χ4v) is 3.15. The van der Waals surface area contributed by atoms with Crippen LogP contribution in [0.1, 0.15) is 5.56 Å². The fraction of sp³-hybridized carbons (Fsp3) is 0.588. The van der Waals surface area contributed by atoms with E-state index < -0.39 is 0 Å². The summed E-state index contributed by atoms with van der Waals surface area (Å²) >= 11 is 0. The van der Waals surface area contributed by atoms with Crippen LogP contribution in [0.5, 0.6) is 5.75 Å². The third kappa shape index (κ3) is 5.72. The Morgan fingerprint density at radius 3 is 2.60 bits per heavy atom. The molecule has 1 aromatic carbocycles. The van der Waals surface area contributed by atoms with Crippen molar-refractivity contribution < 1.29 is 14.3 Å². The molecule has 1 N–H and O–H groups in total. The van der Waals surface area contributed by atoms with Crippen LogP contribution in [0.4, 0.5) is 0 Å². The number of para-hydroxylation sites is 1. The molecule has 0 radical (unpaired) electrons. The van der Waals surface area contributed by atoms with E-state index in [2.05, 4.69) is 16.3 Å². The number of carbonyl (C=O) groups excluding carboxylic acids is 1. The molecule has 2 heterocycles. The topological polar surface area (TPSA) is 54.0 Å². The molecule has 25 heavy (non-hydrogen) atoms. The Kier molecular flexibility index (Phi) is 9.53. The van der Waals surface area contributed by atoms with Gasteiger partial charge in [-0.1, -0.05) is 18.2 Å². The first-order valence-corrected chi connectivity index (χ1v) is 8.22.